The Bertz CT molecular complexity index is 595. The van der Waals surface area contributed by atoms with E-state index in [0.29, 0.717) is 5.92 Å². The summed E-state index contributed by atoms with van der Waals surface area (Å²) < 4.78 is 59.1. The topological polar surface area (TPSA) is 80.7 Å². The third-order valence-corrected chi connectivity index (χ3v) is 3.95. The van der Waals surface area contributed by atoms with Crippen LogP contribution in [0.3, 0.4) is 0 Å². The summed E-state index contributed by atoms with van der Waals surface area (Å²) in [5.41, 5.74) is 1.01. The number of alkyl halides is 2. The highest BCUT2D eigenvalue weighted by atomic mass is 32.2. The van der Waals surface area contributed by atoms with Gasteiger partial charge in [0.2, 0.25) is 0 Å². The van der Waals surface area contributed by atoms with Crippen LogP contribution in [0.1, 0.15) is 42.1 Å². The molecule has 21 heavy (non-hydrogen) atoms. The lowest BCUT2D eigenvalue weighted by molar-refractivity contribution is -0.00950. The lowest BCUT2D eigenvalue weighted by atomic mass is 9.98. The van der Waals surface area contributed by atoms with Crippen molar-refractivity contribution in [1.29, 1.82) is 0 Å². The lowest BCUT2D eigenvalue weighted by Crippen LogP contribution is -2.34. The van der Waals surface area contributed by atoms with E-state index in [1.807, 2.05) is 13.8 Å². The van der Waals surface area contributed by atoms with Crippen molar-refractivity contribution in [3.63, 3.8) is 0 Å². The van der Waals surface area contributed by atoms with E-state index in [0.717, 1.165) is 12.0 Å². The van der Waals surface area contributed by atoms with Crippen molar-refractivity contribution in [2.75, 3.05) is 6.61 Å². The average Bonchev–Trinajstić information content (AvgIpc) is 2.43. The fraction of sp³-hybridized carbons (Fsp3) is 0.462. The molecule has 1 N–H and O–H groups in total. The zero-order chi connectivity index (χ0) is 16.3. The van der Waals surface area contributed by atoms with E-state index in [9.17, 15) is 22.0 Å². The molecule has 1 unspecified atom stereocenters. The zero-order valence-electron chi connectivity index (χ0n) is 11.5. The third-order valence-electron chi connectivity index (χ3n) is 3.08. The molecule has 5 nitrogen and oxygen atoms in total. The summed E-state index contributed by atoms with van der Waals surface area (Å²) >= 11 is 0. The highest BCUT2D eigenvalue weighted by molar-refractivity contribution is 7.86. The normalized spacial score (nSPS) is 13.8. The summed E-state index contributed by atoms with van der Waals surface area (Å²) in [4.78, 5) is 11.5. The molecule has 1 atom stereocenters. The number of benzene rings is 1. The Morgan fingerprint density at radius 1 is 1.33 bits per heavy atom. The molecule has 0 heterocycles. The summed E-state index contributed by atoms with van der Waals surface area (Å²) in [5.74, 6) is -0.798. The van der Waals surface area contributed by atoms with Crippen LogP contribution in [0.15, 0.2) is 24.3 Å². The van der Waals surface area contributed by atoms with Crippen LogP contribution in [0.4, 0.5) is 8.78 Å². The Kier molecular flexibility index (Phi) is 5.41. The molecule has 0 radical (unpaired) electrons. The van der Waals surface area contributed by atoms with Gasteiger partial charge in [-0.05, 0) is 30.0 Å². The number of carbonyl (C=O) groups is 1. The number of esters is 1. The molecule has 0 spiro atoms. The number of ether oxygens (including phenoxy) is 1. The molecule has 0 aliphatic carbocycles. The van der Waals surface area contributed by atoms with Crippen LogP contribution in [0.25, 0.3) is 0 Å². The van der Waals surface area contributed by atoms with Crippen LogP contribution in [0.2, 0.25) is 0 Å². The van der Waals surface area contributed by atoms with Crippen molar-refractivity contribution >= 4 is 16.1 Å². The minimum Gasteiger partial charge on any atom is -0.454 e. The molecule has 0 fully saturated rings. The number of halogens is 2. The highest BCUT2D eigenvalue weighted by Gasteiger charge is 2.45. The summed E-state index contributed by atoms with van der Waals surface area (Å²) in [7, 11) is -5.61. The molecule has 8 heteroatoms. The van der Waals surface area contributed by atoms with Gasteiger partial charge in [0.1, 0.15) is 0 Å². The van der Waals surface area contributed by atoms with Gasteiger partial charge in [-0.2, -0.15) is 17.2 Å². The third kappa shape index (κ3) is 4.47. The van der Waals surface area contributed by atoms with Gasteiger partial charge in [0.15, 0.2) is 6.61 Å². The summed E-state index contributed by atoms with van der Waals surface area (Å²) in [6.07, 6.45) is 0.907. The molecule has 0 saturated heterocycles. The maximum atomic E-state index is 12.9. The van der Waals surface area contributed by atoms with Gasteiger partial charge in [0.25, 0.3) is 0 Å². The second-order valence-corrected chi connectivity index (χ2v) is 6.17. The smallest absolute Gasteiger partial charge is 0.402 e. The standard InChI is InChI=1S/C13H16F2O5S/c1-3-9(2)10-4-6-11(7-5-10)12(16)20-8-13(14,15)21(17,18)19/h4-7,9H,3,8H2,1-2H3,(H,17,18,19). The van der Waals surface area contributed by atoms with Crippen LogP contribution < -0.4 is 0 Å². The molecular weight excluding hydrogens is 306 g/mol. The minimum atomic E-state index is -5.61. The van der Waals surface area contributed by atoms with Crippen LogP contribution in [0.5, 0.6) is 0 Å². The first-order valence-electron chi connectivity index (χ1n) is 6.20. The van der Waals surface area contributed by atoms with Crippen LogP contribution in [0, 0.1) is 0 Å². The van der Waals surface area contributed by atoms with Gasteiger partial charge < -0.3 is 4.74 Å². The fourth-order valence-electron chi connectivity index (χ4n) is 1.49. The van der Waals surface area contributed by atoms with Gasteiger partial charge in [0, 0.05) is 0 Å². The van der Waals surface area contributed by atoms with Crippen molar-refractivity contribution in [1.82, 2.24) is 0 Å². The molecule has 1 rings (SSSR count). The van der Waals surface area contributed by atoms with E-state index in [2.05, 4.69) is 4.74 Å². The Hall–Kier alpha value is -1.54. The molecule has 0 aromatic heterocycles. The minimum absolute atomic E-state index is 0.0215. The van der Waals surface area contributed by atoms with Gasteiger partial charge in [-0.1, -0.05) is 26.0 Å². The zero-order valence-corrected chi connectivity index (χ0v) is 12.4. The predicted molar refractivity (Wildman–Crippen MR) is 71.9 cm³/mol. The number of carbonyl (C=O) groups excluding carboxylic acids is 1. The lowest BCUT2D eigenvalue weighted by Gasteiger charge is -2.13. The summed E-state index contributed by atoms with van der Waals surface area (Å²) in [5, 5.41) is -4.53. The molecule has 1 aromatic rings. The van der Waals surface area contributed by atoms with E-state index in [-0.39, 0.29) is 5.56 Å². The van der Waals surface area contributed by atoms with Crippen molar-refractivity contribution < 1.29 is 31.3 Å². The Labute approximate surface area is 121 Å². The number of hydrogen-bond donors (Lipinski definition) is 1. The first-order chi connectivity index (χ1) is 9.58. The van der Waals surface area contributed by atoms with Gasteiger partial charge in [0.05, 0.1) is 5.56 Å². The Morgan fingerprint density at radius 2 is 1.86 bits per heavy atom. The second kappa shape index (κ2) is 6.48. The SMILES string of the molecule is CCC(C)c1ccc(C(=O)OCC(F)(F)S(=O)(=O)O)cc1. The second-order valence-electron chi connectivity index (χ2n) is 4.62. The molecule has 0 aliphatic rings. The van der Waals surface area contributed by atoms with Crippen LogP contribution in [-0.4, -0.2) is 30.8 Å². The first-order valence-corrected chi connectivity index (χ1v) is 7.64. The Balaban J connectivity index is 2.73. The van der Waals surface area contributed by atoms with Gasteiger partial charge in [-0.25, -0.2) is 4.79 Å². The van der Waals surface area contributed by atoms with Crippen molar-refractivity contribution in [3.8, 4) is 0 Å². The summed E-state index contributed by atoms with van der Waals surface area (Å²) in [6, 6.07) is 6.17. The molecule has 0 saturated carbocycles. The highest BCUT2D eigenvalue weighted by Crippen LogP contribution is 2.22. The maximum Gasteiger partial charge on any atom is 0.402 e. The van der Waals surface area contributed by atoms with Gasteiger partial charge >= 0.3 is 21.3 Å². The van der Waals surface area contributed by atoms with Crippen molar-refractivity contribution in [3.05, 3.63) is 35.4 Å². The van der Waals surface area contributed by atoms with E-state index in [1.165, 1.54) is 12.1 Å². The molecular formula is C13H16F2O5S. The van der Waals surface area contributed by atoms with Gasteiger partial charge in [-0.3, -0.25) is 4.55 Å². The maximum absolute atomic E-state index is 12.9. The monoisotopic (exact) mass is 322 g/mol. The number of rotatable bonds is 6. The predicted octanol–water partition coefficient (Wildman–Crippen LogP) is 2.84. The van der Waals surface area contributed by atoms with Crippen molar-refractivity contribution in [2.24, 2.45) is 0 Å². The van der Waals surface area contributed by atoms with Crippen LogP contribution >= 0.6 is 0 Å². The van der Waals surface area contributed by atoms with Gasteiger partial charge in [-0.15, -0.1) is 0 Å². The molecule has 118 valence electrons. The summed E-state index contributed by atoms with van der Waals surface area (Å²) in [6.45, 7) is 2.27. The number of hydrogen-bond acceptors (Lipinski definition) is 4. The Morgan fingerprint density at radius 3 is 2.29 bits per heavy atom. The first kappa shape index (κ1) is 17.5. The molecule has 0 amide bonds. The van der Waals surface area contributed by atoms with E-state index in [1.54, 1.807) is 12.1 Å². The largest absolute Gasteiger partial charge is 0.454 e. The molecule has 0 bridgehead atoms. The van der Waals surface area contributed by atoms with E-state index < -0.39 is 27.9 Å². The van der Waals surface area contributed by atoms with Crippen LogP contribution in [-0.2, 0) is 14.9 Å². The molecule has 0 aliphatic heterocycles. The van der Waals surface area contributed by atoms with Crippen molar-refractivity contribution in [2.45, 2.75) is 31.4 Å². The fourth-order valence-corrected chi connectivity index (χ4v) is 1.70. The quantitative estimate of drug-likeness (QED) is 0.643. The van der Waals surface area contributed by atoms with E-state index >= 15 is 0 Å². The average molecular weight is 322 g/mol. The molecule has 1 aromatic carbocycles. The van der Waals surface area contributed by atoms with E-state index in [4.69, 9.17) is 4.55 Å².